The van der Waals surface area contributed by atoms with Gasteiger partial charge in [0, 0.05) is 19.0 Å². The number of aliphatic carboxylic acids is 1. The van der Waals surface area contributed by atoms with E-state index in [0.717, 1.165) is 11.8 Å². The lowest BCUT2D eigenvalue weighted by Gasteiger charge is -2.15. The molecule has 7 heteroatoms. The lowest BCUT2D eigenvalue weighted by Crippen LogP contribution is -2.28. The highest BCUT2D eigenvalue weighted by Crippen LogP contribution is 2.34. The van der Waals surface area contributed by atoms with Crippen molar-refractivity contribution in [3.05, 3.63) is 29.8 Å². The van der Waals surface area contributed by atoms with E-state index in [0.29, 0.717) is 0 Å². The van der Waals surface area contributed by atoms with E-state index in [9.17, 15) is 23.4 Å². The number of aromatic hydroxyl groups is 1. The topological polar surface area (TPSA) is 94.9 Å². The summed E-state index contributed by atoms with van der Waals surface area (Å²) in [5.74, 6) is -2.08. The number of carbonyl (C=O) groups is 1. The molecule has 6 nitrogen and oxygen atoms in total. The van der Waals surface area contributed by atoms with E-state index in [-0.39, 0.29) is 18.8 Å². The molecule has 104 valence electrons. The minimum atomic E-state index is -3.40. The van der Waals surface area contributed by atoms with Crippen LogP contribution in [0.25, 0.3) is 0 Å². The van der Waals surface area contributed by atoms with Crippen LogP contribution in [-0.4, -0.2) is 48.3 Å². The van der Waals surface area contributed by atoms with Crippen LogP contribution in [0.15, 0.2) is 24.3 Å². The van der Waals surface area contributed by atoms with E-state index in [1.165, 1.54) is 16.4 Å². The molecule has 2 N–H and O–H groups in total. The average Bonchev–Trinajstić information content (AvgIpc) is 2.74. The fourth-order valence-electron chi connectivity index (χ4n) is 2.35. The van der Waals surface area contributed by atoms with Crippen LogP contribution in [0.2, 0.25) is 0 Å². The first-order valence-corrected chi connectivity index (χ1v) is 7.60. The van der Waals surface area contributed by atoms with Gasteiger partial charge < -0.3 is 10.2 Å². The summed E-state index contributed by atoms with van der Waals surface area (Å²) >= 11 is 0. The summed E-state index contributed by atoms with van der Waals surface area (Å²) in [6.07, 6.45) is 1.07. The number of carboxylic acid groups (broad SMARTS) is 1. The second-order valence-electron chi connectivity index (χ2n) is 4.72. The summed E-state index contributed by atoms with van der Waals surface area (Å²) in [7, 11) is -3.40. The van der Waals surface area contributed by atoms with Crippen LogP contribution in [0.5, 0.6) is 5.75 Å². The Morgan fingerprint density at radius 1 is 1.26 bits per heavy atom. The Hall–Kier alpha value is -1.60. The van der Waals surface area contributed by atoms with Gasteiger partial charge in [-0.2, -0.15) is 0 Å². The van der Waals surface area contributed by atoms with Gasteiger partial charge in [0.2, 0.25) is 10.0 Å². The second kappa shape index (κ2) is 4.82. The highest BCUT2D eigenvalue weighted by Gasteiger charge is 2.41. The molecule has 1 aliphatic rings. The zero-order valence-electron chi connectivity index (χ0n) is 10.4. The van der Waals surface area contributed by atoms with E-state index < -0.39 is 27.8 Å². The first-order valence-electron chi connectivity index (χ1n) is 5.76. The minimum Gasteiger partial charge on any atom is -0.508 e. The molecule has 0 aliphatic carbocycles. The van der Waals surface area contributed by atoms with Crippen molar-refractivity contribution in [1.29, 1.82) is 0 Å². The smallest absolute Gasteiger partial charge is 0.308 e. The van der Waals surface area contributed by atoms with Crippen molar-refractivity contribution in [1.82, 2.24) is 4.31 Å². The Kier molecular flexibility index (Phi) is 3.51. The SMILES string of the molecule is CS(=O)(=O)N1C[C@H](C(=O)O)[C@@H](c2ccc(O)cc2)C1. The van der Waals surface area contributed by atoms with Crippen LogP contribution in [0.4, 0.5) is 0 Å². The van der Waals surface area contributed by atoms with Crippen molar-refractivity contribution in [2.24, 2.45) is 5.92 Å². The number of benzene rings is 1. The Morgan fingerprint density at radius 2 is 1.84 bits per heavy atom. The van der Waals surface area contributed by atoms with Crippen molar-refractivity contribution >= 4 is 16.0 Å². The summed E-state index contributed by atoms with van der Waals surface area (Å²) in [6, 6.07) is 6.19. The largest absolute Gasteiger partial charge is 0.508 e. The van der Waals surface area contributed by atoms with E-state index >= 15 is 0 Å². The molecular formula is C12H15NO5S. The van der Waals surface area contributed by atoms with Gasteiger partial charge >= 0.3 is 5.97 Å². The molecule has 1 saturated heterocycles. The van der Waals surface area contributed by atoms with Gasteiger partial charge in [-0.1, -0.05) is 12.1 Å². The van der Waals surface area contributed by atoms with Gasteiger partial charge in [-0.3, -0.25) is 4.79 Å². The van der Waals surface area contributed by atoms with Gasteiger partial charge in [-0.25, -0.2) is 12.7 Å². The van der Waals surface area contributed by atoms with Gasteiger partial charge in [-0.05, 0) is 17.7 Å². The number of carboxylic acids is 1. The quantitative estimate of drug-likeness (QED) is 0.841. The summed E-state index contributed by atoms with van der Waals surface area (Å²) in [5.41, 5.74) is 0.719. The normalized spacial score (nSPS) is 24.5. The number of hydrogen-bond donors (Lipinski definition) is 2. The number of rotatable bonds is 3. The van der Waals surface area contributed by atoms with Crippen LogP contribution in [0, 0.1) is 5.92 Å². The molecule has 0 unspecified atom stereocenters. The van der Waals surface area contributed by atoms with Gasteiger partial charge in [-0.15, -0.1) is 0 Å². The molecule has 0 saturated carbocycles. The molecule has 1 aliphatic heterocycles. The predicted molar refractivity (Wildman–Crippen MR) is 68.4 cm³/mol. The standard InChI is InChI=1S/C12H15NO5S/c1-19(17,18)13-6-10(11(7-13)12(15)16)8-2-4-9(14)5-3-8/h2-5,10-11,14H,6-7H2,1H3,(H,15,16)/t10-,11+/m1/s1. The van der Waals surface area contributed by atoms with Crippen LogP contribution < -0.4 is 0 Å². The average molecular weight is 285 g/mol. The third-order valence-corrected chi connectivity index (χ3v) is 4.63. The van der Waals surface area contributed by atoms with Crippen molar-refractivity contribution in [3.63, 3.8) is 0 Å². The highest BCUT2D eigenvalue weighted by atomic mass is 32.2. The van der Waals surface area contributed by atoms with Crippen LogP contribution in [-0.2, 0) is 14.8 Å². The number of phenolic OH excluding ortho intramolecular Hbond substituents is 1. The number of nitrogens with zero attached hydrogens (tertiary/aromatic N) is 1. The third kappa shape index (κ3) is 2.87. The zero-order chi connectivity index (χ0) is 14.2. The molecule has 2 rings (SSSR count). The Labute approximate surface area is 111 Å². The first-order chi connectivity index (χ1) is 8.79. The van der Waals surface area contributed by atoms with Crippen molar-refractivity contribution in [2.75, 3.05) is 19.3 Å². The van der Waals surface area contributed by atoms with E-state index in [1.807, 2.05) is 0 Å². The monoisotopic (exact) mass is 285 g/mol. The fourth-order valence-corrected chi connectivity index (χ4v) is 3.21. The van der Waals surface area contributed by atoms with E-state index in [2.05, 4.69) is 0 Å². The van der Waals surface area contributed by atoms with Crippen LogP contribution in [0.3, 0.4) is 0 Å². The lowest BCUT2D eigenvalue weighted by atomic mass is 9.89. The maximum atomic E-state index is 11.5. The fraction of sp³-hybridized carbons (Fsp3) is 0.417. The van der Waals surface area contributed by atoms with Gasteiger partial charge in [0.1, 0.15) is 5.75 Å². The molecule has 1 aromatic carbocycles. The Balaban J connectivity index is 2.32. The molecule has 1 heterocycles. The molecule has 1 fully saturated rings. The van der Waals surface area contributed by atoms with Crippen molar-refractivity contribution in [2.45, 2.75) is 5.92 Å². The van der Waals surface area contributed by atoms with Gasteiger partial charge in [0.15, 0.2) is 0 Å². The van der Waals surface area contributed by atoms with Crippen LogP contribution >= 0.6 is 0 Å². The predicted octanol–water partition coefficient (Wildman–Crippen LogP) is 0.452. The maximum absolute atomic E-state index is 11.5. The van der Waals surface area contributed by atoms with E-state index in [1.54, 1.807) is 12.1 Å². The van der Waals surface area contributed by atoms with Crippen molar-refractivity contribution in [3.8, 4) is 5.75 Å². The zero-order valence-corrected chi connectivity index (χ0v) is 11.2. The number of hydrogen-bond acceptors (Lipinski definition) is 4. The molecule has 19 heavy (non-hydrogen) atoms. The van der Waals surface area contributed by atoms with Gasteiger partial charge in [0.05, 0.1) is 12.2 Å². The Bertz CT molecular complexity index is 581. The summed E-state index contributed by atoms with van der Waals surface area (Å²) in [4.78, 5) is 11.3. The molecule has 0 radical (unpaired) electrons. The van der Waals surface area contributed by atoms with Gasteiger partial charge in [0.25, 0.3) is 0 Å². The Morgan fingerprint density at radius 3 is 2.32 bits per heavy atom. The summed E-state index contributed by atoms with van der Waals surface area (Å²) in [5, 5.41) is 18.4. The molecule has 1 aromatic rings. The number of sulfonamides is 1. The molecule has 0 amide bonds. The van der Waals surface area contributed by atoms with Crippen molar-refractivity contribution < 1.29 is 23.4 Å². The summed E-state index contributed by atoms with van der Waals surface area (Å²) in [6.45, 7) is 0.139. The number of phenols is 1. The second-order valence-corrected chi connectivity index (χ2v) is 6.71. The minimum absolute atomic E-state index is 0.0142. The molecule has 2 atom stereocenters. The highest BCUT2D eigenvalue weighted by molar-refractivity contribution is 7.88. The first kappa shape index (κ1) is 13.8. The molecule has 0 bridgehead atoms. The lowest BCUT2D eigenvalue weighted by molar-refractivity contribution is -0.141. The van der Waals surface area contributed by atoms with Crippen LogP contribution in [0.1, 0.15) is 11.5 Å². The molecule has 0 spiro atoms. The van der Waals surface area contributed by atoms with E-state index in [4.69, 9.17) is 0 Å². The molecule has 0 aromatic heterocycles. The summed E-state index contributed by atoms with van der Waals surface area (Å²) < 4.78 is 24.2. The maximum Gasteiger partial charge on any atom is 0.308 e. The third-order valence-electron chi connectivity index (χ3n) is 3.39. The molecular weight excluding hydrogens is 270 g/mol.